The summed E-state index contributed by atoms with van der Waals surface area (Å²) in [6.07, 6.45) is 0. The van der Waals surface area contributed by atoms with E-state index in [1.807, 2.05) is 0 Å². The Kier molecular flexibility index (Phi) is 63.4. The summed E-state index contributed by atoms with van der Waals surface area (Å²) < 4.78 is 26.3. The van der Waals surface area contributed by atoms with E-state index in [1.165, 1.54) is 0 Å². The molecule has 0 bridgehead atoms. The third-order valence-electron chi connectivity index (χ3n) is 0.492. The van der Waals surface area contributed by atoms with Gasteiger partial charge >= 0.3 is 25.3 Å². The van der Waals surface area contributed by atoms with E-state index in [0.29, 0.717) is 13.2 Å². The van der Waals surface area contributed by atoms with Crippen molar-refractivity contribution in [2.75, 3.05) is 27.4 Å². The Bertz CT molecular complexity index is 72.5. The van der Waals surface area contributed by atoms with Crippen molar-refractivity contribution in [1.29, 1.82) is 0 Å². The van der Waals surface area contributed by atoms with E-state index in [2.05, 4.69) is 9.47 Å². The summed E-state index contributed by atoms with van der Waals surface area (Å²) in [4.78, 5) is 0. The molecule has 0 aromatic rings. The van der Waals surface area contributed by atoms with Gasteiger partial charge in [-0.1, -0.05) is 0 Å². The quantitative estimate of drug-likeness (QED) is 0.572. The Morgan fingerprint density at radius 1 is 1.00 bits per heavy atom. The van der Waals surface area contributed by atoms with Crippen molar-refractivity contribution in [2.45, 2.75) is 0 Å². The van der Waals surface area contributed by atoms with Gasteiger partial charge in [-0.15, -0.1) is 24.8 Å². The van der Waals surface area contributed by atoms with Crippen LogP contribution in [0.1, 0.15) is 0 Å². The SMILES string of the molecule is COCCOC.Cl.Cl.[O]=[Mo]=[O]. The second-order valence-electron chi connectivity index (χ2n) is 1.05. The van der Waals surface area contributed by atoms with Gasteiger partial charge in [0.2, 0.25) is 0 Å². The van der Waals surface area contributed by atoms with Crippen LogP contribution in [0, 0.1) is 0 Å². The van der Waals surface area contributed by atoms with Crippen LogP contribution >= 0.6 is 24.8 Å². The van der Waals surface area contributed by atoms with Crippen molar-refractivity contribution in [1.82, 2.24) is 0 Å². The Labute approximate surface area is 87.0 Å². The summed E-state index contributed by atoms with van der Waals surface area (Å²) in [7, 11) is 3.30. The van der Waals surface area contributed by atoms with Crippen molar-refractivity contribution in [3.63, 3.8) is 0 Å². The summed E-state index contributed by atoms with van der Waals surface area (Å²) in [5.74, 6) is 0. The molecule has 0 fully saturated rings. The fourth-order valence-electron chi connectivity index (χ4n) is 0.167. The molecule has 0 unspecified atom stereocenters. The van der Waals surface area contributed by atoms with Crippen LogP contribution in [0.15, 0.2) is 0 Å². The molecule has 0 rings (SSSR count). The van der Waals surface area contributed by atoms with Crippen molar-refractivity contribution in [2.24, 2.45) is 0 Å². The zero-order chi connectivity index (χ0) is 7.54. The Morgan fingerprint density at radius 2 is 1.18 bits per heavy atom. The van der Waals surface area contributed by atoms with Crippen LogP contribution in [-0.2, 0) is 34.8 Å². The van der Waals surface area contributed by atoms with E-state index in [1.54, 1.807) is 14.2 Å². The topological polar surface area (TPSA) is 52.6 Å². The first-order chi connectivity index (χ1) is 4.33. The van der Waals surface area contributed by atoms with Crippen LogP contribution in [0.5, 0.6) is 0 Å². The molecule has 0 aliphatic heterocycles. The molecule has 72 valence electrons. The molecule has 0 saturated heterocycles. The molecule has 0 aliphatic carbocycles. The van der Waals surface area contributed by atoms with E-state index >= 15 is 0 Å². The summed E-state index contributed by atoms with van der Waals surface area (Å²) in [6.45, 7) is 1.38. The number of ether oxygens (including phenoxy) is 2. The molecule has 0 radical (unpaired) electrons. The van der Waals surface area contributed by atoms with Gasteiger partial charge in [0.25, 0.3) is 0 Å². The zero-order valence-electron chi connectivity index (χ0n) is 6.27. The van der Waals surface area contributed by atoms with Gasteiger partial charge in [0.05, 0.1) is 13.2 Å². The third kappa shape index (κ3) is 58.1. The van der Waals surface area contributed by atoms with E-state index < -0.39 is 18.5 Å². The molecule has 7 heteroatoms. The molecule has 0 N–H and O–H groups in total. The van der Waals surface area contributed by atoms with Gasteiger partial charge in [0.1, 0.15) is 0 Å². The van der Waals surface area contributed by atoms with Gasteiger partial charge in [-0.05, 0) is 0 Å². The molecule has 0 aliphatic rings. The number of rotatable bonds is 3. The first-order valence-electron chi connectivity index (χ1n) is 2.23. The van der Waals surface area contributed by atoms with E-state index in [0.717, 1.165) is 0 Å². The number of halogens is 2. The molecule has 4 nitrogen and oxygen atoms in total. The summed E-state index contributed by atoms with van der Waals surface area (Å²) in [6, 6.07) is 0. The number of hydrogen-bond donors (Lipinski definition) is 0. The number of hydrogen-bond acceptors (Lipinski definition) is 4. The van der Waals surface area contributed by atoms with Gasteiger partial charge < -0.3 is 9.47 Å². The van der Waals surface area contributed by atoms with E-state index in [4.69, 9.17) is 6.80 Å². The van der Waals surface area contributed by atoms with E-state index in [9.17, 15) is 0 Å². The molecule has 0 saturated carbocycles. The van der Waals surface area contributed by atoms with Crippen LogP contribution in [0.4, 0.5) is 0 Å². The second-order valence-corrected chi connectivity index (χ2v) is 1.39. The summed E-state index contributed by atoms with van der Waals surface area (Å²) in [5, 5.41) is 0. The third-order valence-corrected chi connectivity index (χ3v) is 0.492. The molecule has 0 amide bonds. The van der Waals surface area contributed by atoms with Crippen LogP contribution in [-0.4, -0.2) is 27.4 Å². The maximum absolute atomic E-state index is 8.50. The monoisotopic (exact) mass is 292 g/mol. The summed E-state index contributed by atoms with van der Waals surface area (Å²) in [5.41, 5.74) is 0. The average molecular weight is 291 g/mol. The standard InChI is InChI=1S/C4H10O2.2ClH.Mo.2O/c1-5-3-4-6-2;;;;;/h3-4H2,1-2H3;2*1H;;;. The molecule has 11 heavy (non-hydrogen) atoms. The zero-order valence-corrected chi connectivity index (χ0v) is 9.91. The number of methoxy groups -OCH3 is 2. The fourth-order valence-corrected chi connectivity index (χ4v) is 0.167. The van der Waals surface area contributed by atoms with Crippen molar-refractivity contribution in [3.8, 4) is 0 Å². The molecule has 0 spiro atoms. The van der Waals surface area contributed by atoms with Crippen LogP contribution in [0.3, 0.4) is 0 Å². The first-order valence-corrected chi connectivity index (χ1v) is 3.87. The molecule has 0 heterocycles. The van der Waals surface area contributed by atoms with Gasteiger partial charge in [-0.2, -0.15) is 0 Å². The van der Waals surface area contributed by atoms with E-state index in [-0.39, 0.29) is 24.8 Å². The average Bonchev–Trinajstić information content (AvgIpc) is 1.86. The minimum atomic E-state index is -2.03. The molecular weight excluding hydrogens is 279 g/mol. The molecule has 0 aromatic carbocycles. The van der Waals surface area contributed by atoms with Crippen LogP contribution < -0.4 is 0 Å². The molecule has 0 aromatic heterocycles. The van der Waals surface area contributed by atoms with Gasteiger partial charge in [0, 0.05) is 14.2 Å². The second kappa shape index (κ2) is 30.9. The normalized spacial score (nSPS) is 6.00. The molecular formula is C4H12Cl2MoO4. The fraction of sp³-hybridized carbons (Fsp3) is 1.00. The Morgan fingerprint density at radius 3 is 1.27 bits per heavy atom. The predicted octanol–water partition coefficient (Wildman–Crippen LogP) is 0.883. The van der Waals surface area contributed by atoms with Crippen LogP contribution in [0.25, 0.3) is 0 Å². The van der Waals surface area contributed by atoms with Gasteiger partial charge in [-0.25, -0.2) is 0 Å². The molecule has 0 atom stereocenters. The van der Waals surface area contributed by atoms with Crippen molar-refractivity contribution >= 4 is 24.8 Å². The van der Waals surface area contributed by atoms with Crippen molar-refractivity contribution in [3.05, 3.63) is 0 Å². The minimum absolute atomic E-state index is 0. The predicted molar refractivity (Wildman–Crippen MR) is 39.6 cm³/mol. The van der Waals surface area contributed by atoms with Gasteiger partial charge in [-0.3, -0.25) is 0 Å². The summed E-state index contributed by atoms with van der Waals surface area (Å²) >= 11 is -2.03. The first kappa shape index (κ1) is 22.6. The van der Waals surface area contributed by atoms with Gasteiger partial charge in [0.15, 0.2) is 0 Å². The van der Waals surface area contributed by atoms with Crippen LogP contribution in [0.2, 0.25) is 0 Å². The Hall–Kier alpha value is 0.788. The Balaban J connectivity index is -0.0000000437. The maximum atomic E-state index is 8.50. The van der Waals surface area contributed by atoms with Crippen molar-refractivity contribution < 1.29 is 34.8 Å².